The minimum Gasteiger partial charge on any atom is -0.456 e. The summed E-state index contributed by atoms with van der Waals surface area (Å²) in [7, 11) is 2.94. The average molecular weight is 986 g/mol. The summed E-state index contributed by atoms with van der Waals surface area (Å²) in [5.74, 6) is -2.11. The van der Waals surface area contributed by atoms with Crippen LogP contribution < -0.4 is 30.7 Å². The van der Waals surface area contributed by atoms with Crippen LogP contribution in [0.4, 0.5) is 27.1 Å². The predicted octanol–water partition coefficient (Wildman–Crippen LogP) is 9.03. The largest absolute Gasteiger partial charge is 0.456 e. The first kappa shape index (κ1) is 45.8. The monoisotopic (exact) mass is 984 g/mol. The van der Waals surface area contributed by atoms with Crippen molar-refractivity contribution in [1.29, 1.82) is 0 Å². The minimum absolute atomic E-state index is 0.00439. The number of benzene rings is 2. The van der Waals surface area contributed by atoms with E-state index in [-0.39, 0.29) is 85.4 Å². The highest BCUT2D eigenvalue weighted by Crippen LogP contribution is 2.43. The van der Waals surface area contributed by atoms with E-state index in [9.17, 15) is 19.2 Å². The second-order valence-corrected chi connectivity index (χ2v) is 17.9. The van der Waals surface area contributed by atoms with E-state index in [0.717, 1.165) is 0 Å². The zero-order valence-electron chi connectivity index (χ0n) is 37.7. The molecule has 8 heterocycles. The summed E-state index contributed by atoms with van der Waals surface area (Å²) in [5.41, 5.74) is 0.0164. The summed E-state index contributed by atoms with van der Waals surface area (Å²) < 4.78 is 40.2. The van der Waals surface area contributed by atoms with Crippen LogP contribution in [0.25, 0.3) is 27.9 Å². The van der Waals surface area contributed by atoms with Crippen molar-refractivity contribution in [3.05, 3.63) is 135 Å². The molecule has 2 aromatic carbocycles. The molecule has 70 heavy (non-hydrogen) atoms. The molecule has 0 unspecified atom stereocenters. The van der Waals surface area contributed by atoms with Crippen molar-refractivity contribution in [3.8, 4) is 28.9 Å². The second kappa shape index (κ2) is 17.5. The maximum Gasteiger partial charge on any atom is 0.258 e. The van der Waals surface area contributed by atoms with Gasteiger partial charge in [-0.3, -0.25) is 23.7 Å². The number of para-hydroxylation sites is 1. The van der Waals surface area contributed by atoms with Gasteiger partial charge in [-0.15, -0.1) is 0 Å². The molecule has 0 fully saturated rings. The number of carbonyl (C=O) groups excluding carboxylic acids is 4. The van der Waals surface area contributed by atoms with E-state index in [0.29, 0.717) is 39.6 Å². The number of H-pyrrole nitrogens is 1. The van der Waals surface area contributed by atoms with Crippen LogP contribution in [-0.4, -0.2) is 91.4 Å². The second-order valence-electron chi connectivity index (χ2n) is 17.1. The number of hydrogen-bond acceptors (Lipinski definition) is 14. The number of fused-ring (bicyclic) bond motifs is 6. The summed E-state index contributed by atoms with van der Waals surface area (Å²) >= 11 is 13.5. The zero-order chi connectivity index (χ0) is 49.2. The van der Waals surface area contributed by atoms with Gasteiger partial charge < -0.3 is 45.2 Å². The Hall–Kier alpha value is -7.97. The maximum atomic E-state index is 16.1. The Bertz CT molecular complexity index is 3510. The van der Waals surface area contributed by atoms with Gasteiger partial charge >= 0.3 is 0 Å². The molecule has 8 aromatic rings. The van der Waals surface area contributed by atoms with Crippen molar-refractivity contribution in [2.45, 2.75) is 31.8 Å². The van der Waals surface area contributed by atoms with Gasteiger partial charge in [0.15, 0.2) is 11.6 Å². The van der Waals surface area contributed by atoms with Crippen LogP contribution >= 0.6 is 23.2 Å². The number of aryl methyl sites for hydroxylation is 1. The quantitative estimate of drug-likeness (QED) is 0.0680. The van der Waals surface area contributed by atoms with Crippen LogP contribution in [0, 0.1) is 12.7 Å². The van der Waals surface area contributed by atoms with Gasteiger partial charge in [0.2, 0.25) is 5.78 Å². The topological polar surface area (TPSA) is 226 Å². The third kappa shape index (κ3) is 7.87. The Morgan fingerprint density at radius 3 is 2.04 bits per heavy atom. The van der Waals surface area contributed by atoms with Gasteiger partial charge in [-0.25, -0.2) is 19.3 Å². The molecule has 0 spiro atoms. The minimum atomic E-state index is -1.27. The molecule has 10 rings (SSSR count). The molecule has 0 saturated heterocycles. The van der Waals surface area contributed by atoms with E-state index in [1.54, 1.807) is 26.0 Å². The smallest absolute Gasteiger partial charge is 0.258 e. The van der Waals surface area contributed by atoms with Crippen molar-refractivity contribution in [2.24, 2.45) is 0 Å². The SMILES string of the molecule is COC[C@]1(C)Nc2c(cnc3[nH]cc(C(=O)c4ccc(Oc5nc(-n6cc(C(=O)c7ncc(Oc8ccccc8)cc7Cl)c7c8c(cnc76)NC(=O)[C@](C)(COC)N8)cc(C)c5F)cc4Cl)c23)NC1=O. The van der Waals surface area contributed by atoms with Crippen LogP contribution in [-0.2, 0) is 19.1 Å². The number of rotatable bonds is 13. The molecule has 0 bridgehead atoms. The highest BCUT2D eigenvalue weighted by Gasteiger charge is 2.41. The van der Waals surface area contributed by atoms with Crippen molar-refractivity contribution in [3.63, 3.8) is 0 Å². The van der Waals surface area contributed by atoms with Gasteiger partial charge in [-0.05, 0) is 56.7 Å². The van der Waals surface area contributed by atoms with Gasteiger partial charge in [-0.1, -0.05) is 41.4 Å². The summed E-state index contributed by atoms with van der Waals surface area (Å²) in [5, 5.41) is 12.9. The first-order valence-electron chi connectivity index (χ1n) is 21.4. The van der Waals surface area contributed by atoms with Crippen LogP contribution in [0.15, 0.2) is 91.6 Å². The average Bonchev–Trinajstić information content (AvgIpc) is 3.95. The van der Waals surface area contributed by atoms with E-state index in [1.807, 2.05) is 18.2 Å². The number of ether oxygens (including phenoxy) is 4. The third-order valence-corrected chi connectivity index (χ3v) is 12.5. The highest BCUT2D eigenvalue weighted by atomic mass is 35.5. The molecular weight excluding hydrogens is 947 g/mol. The molecule has 2 aliphatic rings. The fourth-order valence-corrected chi connectivity index (χ4v) is 8.93. The first-order valence-corrected chi connectivity index (χ1v) is 22.2. The van der Waals surface area contributed by atoms with Crippen molar-refractivity contribution >= 4 is 91.4 Å². The molecule has 0 radical (unpaired) electrons. The number of anilines is 4. The standard InChI is InChI=1S/C49H39Cl2FN10O8/c1-23-13-34(59-45(37(23)52)70-25-11-12-27(30(50)14-25)41(63)28-17-54-43-35(28)39-32(18-55-43)57-46(65)48(2,60-39)21-67-4)62-20-29(36-40-33(19-56-44(36)62)58-47(66)49(3,61-40)22-68-5)42(64)38-31(51)15-26(16-53-38)69-24-9-7-6-8-10-24/h6-20,60-61H,21-22H2,1-5H3,(H,54,55)(H,57,65)(H,58,66)/t48-,49-/m0/s1. The molecule has 21 heteroatoms. The van der Waals surface area contributed by atoms with Crippen molar-refractivity contribution in [2.75, 3.05) is 48.7 Å². The Morgan fingerprint density at radius 2 is 1.39 bits per heavy atom. The fraction of sp³-hybridized carbons (Fsp3) is 0.184. The van der Waals surface area contributed by atoms with E-state index in [2.05, 4.69) is 46.2 Å². The zero-order valence-corrected chi connectivity index (χ0v) is 39.2. The molecule has 2 atom stereocenters. The van der Waals surface area contributed by atoms with Gasteiger partial charge in [0, 0.05) is 44.3 Å². The summed E-state index contributed by atoms with van der Waals surface area (Å²) in [4.78, 5) is 76.2. The van der Waals surface area contributed by atoms with Crippen LogP contribution in [0.3, 0.4) is 0 Å². The van der Waals surface area contributed by atoms with Gasteiger partial charge in [0.05, 0.1) is 86.5 Å². The number of pyridine rings is 4. The number of aromatic amines is 1. The number of nitrogens with one attached hydrogen (secondary N) is 5. The number of aromatic nitrogens is 6. The number of methoxy groups -OCH3 is 2. The lowest BCUT2D eigenvalue weighted by Gasteiger charge is -2.35. The molecule has 354 valence electrons. The molecular formula is C49H39Cl2FN10O8. The van der Waals surface area contributed by atoms with Gasteiger partial charge in [0.1, 0.15) is 51.1 Å². The molecule has 0 saturated carbocycles. The Labute approximate surface area is 406 Å². The Morgan fingerprint density at radius 1 is 0.729 bits per heavy atom. The number of hydrogen-bond donors (Lipinski definition) is 5. The van der Waals surface area contributed by atoms with Crippen molar-refractivity contribution < 1.29 is 42.5 Å². The fourth-order valence-electron chi connectivity index (χ4n) is 8.43. The van der Waals surface area contributed by atoms with Crippen molar-refractivity contribution in [1.82, 2.24) is 29.5 Å². The number of carbonyl (C=O) groups is 4. The van der Waals surface area contributed by atoms with Crippen LogP contribution in [0.1, 0.15) is 51.4 Å². The lowest BCUT2D eigenvalue weighted by Crippen LogP contribution is -2.53. The van der Waals surface area contributed by atoms with Crippen LogP contribution in [0.2, 0.25) is 10.0 Å². The molecule has 6 aromatic heterocycles. The first-order chi connectivity index (χ1) is 33.6. The molecule has 18 nitrogen and oxygen atoms in total. The summed E-state index contributed by atoms with van der Waals surface area (Å²) in [6.07, 6.45) is 7.25. The number of nitrogens with zero attached hydrogens (tertiary/aromatic N) is 5. The normalized spacial score (nSPS) is 17.3. The number of halogens is 3. The number of ketones is 2. The van der Waals surface area contributed by atoms with E-state index >= 15 is 4.39 Å². The van der Waals surface area contributed by atoms with E-state index < -0.39 is 40.2 Å². The van der Waals surface area contributed by atoms with Gasteiger partial charge in [-0.2, -0.15) is 4.98 Å². The highest BCUT2D eigenvalue weighted by molar-refractivity contribution is 6.36. The molecule has 2 aliphatic heterocycles. The summed E-state index contributed by atoms with van der Waals surface area (Å²) in [6.45, 7) is 4.86. The third-order valence-electron chi connectivity index (χ3n) is 11.9. The molecule has 0 aliphatic carbocycles. The number of amides is 2. The van der Waals surface area contributed by atoms with E-state index in [4.69, 9.17) is 42.1 Å². The summed E-state index contributed by atoms with van der Waals surface area (Å²) in [6, 6.07) is 16.1. The van der Waals surface area contributed by atoms with E-state index in [1.165, 1.54) is 87.0 Å². The van der Waals surface area contributed by atoms with Crippen LogP contribution in [0.5, 0.6) is 23.1 Å². The maximum absolute atomic E-state index is 16.1. The Balaban J connectivity index is 1.01. The lowest BCUT2D eigenvalue weighted by atomic mass is 9.96. The lowest BCUT2D eigenvalue weighted by molar-refractivity contribution is -0.122. The Kier molecular flexibility index (Phi) is 11.5. The molecule has 5 N–H and O–H groups in total. The molecule has 2 amide bonds. The van der Waals surface area contributed by atoms with Gasteiger partial charge in [0.25, 0.3) is 17.7 Å². The predicted molar refractivity (Wildman–Crippen MR) is 259 cm³/mol.